The van der Waals surface area contributed by atoms with Crippen LogP contribution >= 0.6 is 0 Å². The monoisotopic (exact) mass is 468 g/mol. The summed E-state index contributed by atoms with van der Waals surface area (Å²) < 4.78 is 12.9. The molecule has 0 aliphatic carbocycles. The minimum Gasteiger partial charge on any atom is -0.444 e. The Morgan fingerprint density at radius 2 is 1.71 bits per heavy atom. The normalized spacial score (nSPS) is 17.7. The molecule has 2 aliphatic rings. The number of hydrogen-bond acceptors (Lipinski definition) is 5. The number of benzene rings is 1. The number of hydrogen-bond donors (Lipinski definition) is 0. The van der Waals surface area contributed by atoms with Gasteiger partial charge in [0.25, 0.3) is 5.91 Å². The first-order valence-electron chi connectivity index (χ1n) is 12.1. The number of nitrogens with zero attached hydrogens (tertiary/aromatic N) is 4. The van der Waals surface area contributed by atoms with Crippen LogP contribution in [0.2, 0.25) is 0 Å². The number of carbonyl (C=O) groups excluding carboxylic acids is 2. The molecule has 2 aliphatic heterocycles. The Bertz CT molecular complexity index is 1040. The number of piperidine rings is 1. The molecule has 4 rings (SSSR count). The van der Waals surface area contributed by atoms with Crippen LogP contribution in [0.3, 0.4) is 0 Å². The molecule has 2 saturated heterocycles. The van der Waals surface area contributed by atoms with E-state index in [2.05, 4.69) is 32.0 Å². The van der Waals surface area contributed by atoms with Crippen molar-refractivity contribution in [1.82, 2.24) is 19.6 Å². The lowest BCUT2D eigenvalue weighted by molar-refractivity contribution is 0.0201. The molecule has 1 aromatic heterocycles. The molecule has 2 aromatic rings. The van der Waals surface area contributed by atoms with Crippen LogP contribution in [0.1, 0.15) is 66.7 Å². The van der Waals surface area contributed by atoms with Gasteiger partial charge in [0, 0.05) is 32.1 Å². The Labute approximate surface area is 201 Å². The molecular formula is C26H36N4O4. The van der Waals surface area contributed by atoms with Crippen LogP contribution in [-0.2, 0) is 9.47 Å². The van der Waals surface area contributed by atoms with Crippen molar-refractivity contribution >= 4 is 12.0 Å². The van der Waals surface area contributed by atoms with Crippen LogP contribution in [0, 0.1) is 13.8 Å². The average Bonchev–Trinajstić information content (AvgIpc) is 3.23. The van der Waals surface area contributed by atoms with Gasteiger partial charge in [0.1, 0.15) is 5.60 Å². The third-order valence-electron chi connectivity index (χ3n) is 6.45. The smallest absolute Gasteiger partial charge is 0.410 e. The number of carbonyl (C=O) groups is 2. The lowest BCUT2D eigenvalue weighted by Gasteiger charge is -2.34. The first-order valence-corrected chi connectivity index (χ1v) is 12.1. The summed E-state index contributed by atoms with van der Waals surface area (Å²) in [5.41, 5.74) is 4.35. The predicted octanol–water partition coefficient (Wildman–Crippen LogP) is 4.08. The van der Waals surface area contributed by atoms with Crippen LogP contribution in [0.5, 0.6) is 0 Å². The number of likely N-dealkylation sites (tertiary alicyclic amines) is 1. The number of aromatic nitrogens is 2. The number of aryl methyl sites for hydroxylation is 2. The van der Waals surface area contributed by atoms with Gasteiger partial charge in [-0.25, -0.2) is 9.48 Å². The number of ether oxygens (including phenoxy) is 2. The maximum absolute atomic E-state index is 13.5. The van der Waals surface area contributed by atoms with Crippen LogP contribution in [-0.4, -0.2) is 76.6 Å². The minimum absolute atomic E-state index is 0.00360. The molecule has 0 spiro atoms. The van der Waals surface area contributed by atoms with E-state index >= 15 is 0 Å². The van der Waals surface area contributed by atoms with Crippen molar-refractivity contribution in [2.24, 2.45) is 0 Å². The first-order chi connectivity index (χ1) is 16.1. The molecule has 8 heteroatoms. The number of rotatable bonds is 3. The fraction of sp³-hybridized carbons (Fsp3) is 0.577. The molecule has 1 aromatic carbocycles. The van der Waals surface area contributed by atoms with Gasteiger partial charge in [0.2, 0.25) is 0 Å². The molecule has 0 N–H and O–H groups in total. The van der Waals surface area contributed by atoms with E-state index in [0.29, 0.717) is 45.0 Å². The summed E-state index contributed by atoms with van der Waals surface area (Å²) in [4.78, 5) is 29.7. The van der Waals surface area contributed by atoms with Gasteiger partial charge in [0.15, 0.2) is 0 Å². The molecule has 8 nitrogen and oxygen atoms in total. The molecule has 0 unspecified atom stereocenters. The highest BCUT2D eigenvalue weighted by Gasteiger charge is 2.33. The summed E-state index contributed by atoms with van der Waals surface area (Å²) in [5, 5.41) is 4.70. The van der Waals surface area contributed by atoms with Crippen molar-refractivity contribution in [1.29, 1.82) is 0 Å². The molecule has 2 amide bonds. The van der Waals surface area contributed by atoms with E-state index in [0.717, 1.165) is 29.8 Å². The van der Waals surface area contributed by atoms with Crippen molar-refractivity contribution in [3.63, 3.8) is 0 Å². The summed E-state index contributed by atoms with van der Waals surface area (Å²) in [6.07, 6.45) is 2.93. The maximum Gasteiger partial charge on any atom is 0.410 e. The molecule has 0 saturated carbocycles. The molecule has 3 heterocycles. The summed E-state index contributed by atoms with van der Waals surface area (Å²) in [6, 6.07) is 6.28. The van der Waals surface area contributed by atoms with Gasteiger partial charge in [-0.1, -0.05) is 17.7 Å². The lowest BCUT2D eigenvalue weighted by Crippen LogP contribution is -2.42. The van der Waals surface area contributed by atoms with Gasteiger partial charge in [-0.05, 0) is 59.1 Å². The van der Waals surface area contributed by atoms with Gasteiger partial charge in [-0.15, -0.1) is 0 Å². The van der Waals surface area contributed by atoms with Crippen molar-refractivity contribution in [3.05, 3.63) is 46.8 Å². The lowest BCUT2D eigenvalue weighted by atomic mass is 9.90. The van der Waals surface area contributed by atoms with Crippen molar-refractivity contribution < 1.29 is 19.1 Å². The van der Waals surface area contributed by atoms with E-state index in [-0.39, 0.29) is 17.9 Å². The molecule has 34 heavy (non-hydrogen) atoms. The topological polar surface area (TPSA) is 76.9 Å². The van der Waals surface area contributed by atoms with Crippen LogP contribution in [0.25, 0.3) is 5.69 Å². The molecular weight excluding hydrogens is 432 g/mol. The summed E-state index contributed by atoms with van der Waals surface area (Å²) in [5.74, 6) is 0.116. The van der Waals surface area contributed by atoms with E-state index in [1.54, 1.807) is 11.1 Å². The van der Waals surface area contributed by atoms with Crippen molar-refractivity contribution in [3.8, 4) is 5.69 Å². The summed E-state index contributed by atoms with van der Waals surface area (Å²) in [6.45, 7) is 13.2. The van der Waals surface area contributed by atoms with Crippen LogP contribution in [0.4, 0.5) is 4.79 Å². The minimum atomic E-state index is -0.521. The third kappa shape index (κ3) is 5.27. The van der Waals surface area contributed by atoms with Gasteiger partial charge < -0.3 is 19.3 Å². The first kappa shape index (κ1) is 24.3. The zero-order chi connectivity index (χ0) is 24.5. The largest absolute Gasteiger partial charge is 0.444 e. The quantitative estimate of drug-likeness (QED) is 0.679. The van der Waals surface area contributed by atoms with E-state index in [9.17, 15) is 9.59 Å². The molecule has 184 valence electrons. The van der Waals surface area contributed by atoms with Crippen molar-refractivity contribution in [2.45, 2.75) is 59.0 Å². The Morgan fingerprint density at radius 3 is 2.32 bits per heavy atom. The highest BCUT2D eigenvalue weighted by atomic mass is 16.6. The fourth-order valence-electron chi connectivity index (χ4n) is 4.75. The van der Waals surface area contributed by atoms with Gasteiger partial charge in [-0.2, -0.15) is 5.10 Å². The van der Waals surface area contributed by atoms with Crippen LogP contribution < -0.4 is 0 Å². The Hall–Kier alpha value is -2.87. The second-order valence-corrected chi connectivity index (χ2v) is 10.3. The summed E-state index contributed by atoms with van der Waals surface area (Å²) >= 11 is 0. The predicted molar refractivity (Wildman–Crippen MR) is 130 cm³/mol. The maximum atomic E-state index is 13.5. The molecule has 0 atom stereocenters. The Balaban J connectivity index is 1.63. The van der Waals surface area contributed by atoms with Gasteiger partial charge in [-0.3, -0.25) is 4.79 Å². The highest BCUT2D eigenvalue weighted by Crippen LogP contribution is 2.34. The Morgan fingerprint density at radius 1 is 1.03 bits per heavy atom. The molecule has 0 radical (unpaired) electrons. The molecule has 0 bridgehead atoms. The number of morpholine rings is 1. The third-order valence-corrected chi connectivity index (χ3v) is 6.45. The fourth-order valence-corrected chi connectivity index (χ4v) is 4.75. The average molecular weight is 469 g/mol. The van der Waals surface area contributed by atoms with Crippen molar-refractivity contribution in [2.75, 3.05) is 39.4 Å². The Kier molecular flexibility index (Phi) is 6.98. The molecule has 2 fully saturated rings. The summed E-state index contributed by atoms with van der Waals surface area (Å²) in [7, 11) is 0. The van der Waals surface area contributed by atoms with Gasteiger partial charge >= 0.3 is 6.09 Å². The second-order valence-electron chi connectivity index (χ2n) is 10.3. The van der Waals surface area contributed by atoms with Gasteiger partial charge in [0.05, 0.1) is 36.4 Å². The standard InChI is InChI=1S/C26H36N4O4/c1-18-6-7-22(19(2)16-18)30-23(21(17-27-30)24(31)28-12-14-33-15-13-28)20-8-10-29(11-9-20)25(32)34-26(3,4)5/h6-7,16-17,20H,8-15H2,1-5H3. The van der Waals surface area contributed by atoms with E-state index in [1.807, 2.05) is 30.4 Å². The van der Waals surface area contributed by atoms with Crippen LogP contribution in [0.15, 0.2) is 24.4 Å². The zero-order valence-corrected chi connectivity index (χ0v) is 21.0. The number of amides is 2. The van der Waals surface area contributed by atoms with E-state index in [4.69, 9.17) is 14.6 Å². The second kappa shape index (κ2) is 9.78. The SMILES string of the molecule is Cc1ccc(-n2ncc(C(=O)N3CCOCC3)c2C2CCN(C(=O)OC(C)(C)C)CC2)c(C)c1. The zero-order valence-electron chi connectivity index (χ0n) is 21.0. The van der Waals surface area contributed by atoms with E-state index in [1.165, 1.54) is 5.56 Å². The van der Waals surface area contributed by atoms with E-state index < -0.39 is 5.60 Å². The highest BCUT2D eigenvalue weighted by molar-refractivity contribution is 5.95.